The highest BCUT2D eigenvalue weighted by Gasteiger charge is 2.33. The standard InChI is InChI=1S/C39H45N7O6/c1-26-37(49)43-32(20-27-10-4-3-5-11-27)38(50)40-16-17-46(36(48)25-45-18-19-52-34-15-9-6-12-28(34)23-45)24-35(47)42-33(39(51)44(26)2)21-29-22-41-31-14-8-7-13-30(29)31/h3-15,22,26,32-33,41H,16-21,23-25H2,1-2H3,(H,40,50)(H,42,47)(H,43,49)/t26-,32-,33-/m0/s1. The number of nitrogens with zero attached hydrogens (tertiary/aromatic N) is 3. The van der Waals surface area contributed by atoms with Crippen molar-refractivity contribution in [2.75, 3.05) is 46.4 Å². The molecule has 3 heterocycles. The van der Waals surface area contributed by atoms with Gasteiger partial charge in [-0.2, -0.15) is 0 Å². The van der Waals surface area contributed by atoms with Gasteiger partial charge in [-0.05, 0) is 30.2 Å². The number of benzene rings is 3. The van der Waals surface area contributed by atoms with Gasteiger partial charge >= 0.3 is 0 Å². The van der Waals surface area contributed by atoms with E-state index in [4.69, 9.17) is 4.74 Å². The number of para-hydroxylation sites is 2. The summed E-state index contributed by atoms with van der Waals surface area (Å²) in [5.41, 5.74) is 3.49. The van der Waals surface area contributed by atoms with Gasteiger partial charge in [-0.15, -0.1) is 0 Å². The summed E-state index contributed by atoms with van der Waals surface area (Å²) in [6, 6.07) is 21.7. The fraction of sp³-hybridized carbons (Fsp3) is 0.359. The van der Waals surface area contributed by atoms with Crippen molar-refractivity contribution in [2.24, 2.45) is 0 Å². The molecule has 0 bridgehead atoms. The number of hydrogen-bond donors (Lipinski definition) is 4. The van der Waals surface area contributed by atoms with Crippen LogP contribution < -0.4 is 20.7 Å². The number of amides is 5. The van der Waals surface area contributed by atoms with Gasteiger partial charge < -0.3 is 35.5 Å². The Morgan fingerprint density at radius 2 is 1.58 bits per heavy atom. The van der Waals surface area contributed by atoms with Crippen molar-refractivity contribution in [1.82, 2.24) is 35.6 Å². The van der Waals surface area contributed by atoms with Gasteiger partial charge in [0.05, 0.1) is 13.1 Å². The Kier molecular flexibility index (Phi) is 11.5. The first-order valence-electron chi connectivity index (χ1n) is 17.6. The third kappa shape index (κ3) is 8.78. The first-order chi connectivity index (χ1) is 25.2. The molecule has 1 saturated heterocycles. The lowest BCUT2D eigenvalue weighted by Crippen LogP contribution is -2.57. The average molecular weight is 708 g/mol. The van der Waals surface area contributed by atoms with E-state index in [-0.39, 0.29) is 44.9 Å². The number of carbonyl (C=O) groups excluding carboxylic acids is 5. The Hall–Kier alpha value is -5.69. The number of likely N-dealkylation sites (N-methyl/N-ethyl adjacent to an activating group) is 1. The molecule has 0 saturated carbocycles. The molecule has 2 aliphatic rings. The summed E-state index contributed by atoms with van der Waals surface area (Å²) in [4.78, 5) is 76.9. The van der Waals surface area contributed by atoms with Gasteiger partial charge in [-0.3, -0.25) is 28.9 Å². The van der Waals surface area contributed by atoms with Crippen LogP contribution in [0, 0.1) is 0 Å². The Labute approximate surface area is 302 Å². The van der Waals surface area contributed by atoms with Gasteiger partial charge in [0, 0.05) is 68.7 Å². The fourth-order valence-electron chi connectivity index (χ4n) is 6.63. The molecule has 272 valence electrons. The van der Waals surface area contributed by atoms with E-state index in [1.165, 1.54) is 16.8 Å². The molecule has 0 aliphatic carbocycles. The van der Waals surface area contributed by atoms with E-state index >= 15 is 0 Å². The SMILES string of the molecule is C[C@H]1C(=O)N[C@@H](Cc2ccccc2)C(=O)NCCN(C(=O)CN2CCOc3ccccc3C2)CC(=O)N[C@@H](Cc2c[nH]c3ccccc23)C(=O)N1C. The van der Waals surface area contributed by atoms with Gasteiger partial charge in [-0.25, -0.2) is 0 Å². The van der Waals surface area contributed by atoms with Crippen molar-refractivity contribution in [3.8, 4) is 5.75 Å². The van der Waals surface area contributed by atoms with E-state index in [2.05, 4.69) is 20.9 Å². The summed E-state index contributed by atoms with van der Waals surface area (Å²) in [5, 5.41) is 9.49. The lowest BCUT2D eigenvalue weighted by Gasteiger charge is -2.30. The molecule has 52 heavy (non-hydrogen) atoms. The minimum atomic E-state index is -1.05. The van der Waals surface area contributed by atoms with Crippen molar-refractivity contribution in [3.63, 3.8) is 0 Å². The van der Waals surface area contributed by atoms with Gasteiger partial charge in [0.1, 0.15) is 30.5 Å². The molecule has 2 aliphatic heterocycles. The van der Waals surface area contributed by atoms with E-state index < -0.39 is 41.8 Å². The van der Waals surface area contributed by atoms with E-state index in [9.17, 15) is 24.0 Å². The fourth-order valence-corrected chi connectivity index (χ4v) is 6.63. The minimum Gasteiger partial charge on any atom is -0.492 e. The van der Waals surface area contributed by atoms with Crippen LogP contribution in [0.25, 0.3) is 10.9 Å². The van der Waals surface area contributed by atoms with Crippen LogP contribution >= 0.6 is 0 Å². The molecular weight excluding hydrogens is 662 g/mol. The van der Waals surface area contributed by atoms with Crippen molar-refractivity contribution in [2.45, 2.75) is 44.4 Å². The van der Waals surface area contributed by atoms with Crippen molar-refractivity contribution in [3.05, 3.63) is 102 Å². The average Bonchev–Trinajstić information content (AvgIpc) is 3.44. The monoisotopic (exact) mass is 707 g/mol. The first-order valence-corrected chi connectivity index (χ1v) is 17.6. The number of aromatic nitrogens is 1. The molecule has 4 N–H and O–H groups in total. The zero-order valence-electron chi connectivity index (χ0n) is 29.5. The highest BCUT2D eigenvalue weighted by atomic mass is 16.5. The molecule has 5 amide bonds. The molecule has 0 radical (unpaired) electrons. The number of rotatable bonds is 6. The van der Waals surface area contributed by atoms with Gasteiger partial charge in [0.2, 0.25) is 29.5 Å². The normalized spacial score (nSPS) is 21.2. The molecule has 3 aromatic carbocycles. The van der Waals surface area contributed by atoms with Crippen LogP contribution in [0.4, 0.5) is 0 Å². The van der Waals surface area contributed by atoms with Crippen molar-refractivity contribution >= 4 is 40.4 Å². The van der Waals surface area contributed by atoms with Crippen LogP contribution in [0.3, 0.4) is 0 Å². The molecule has 13 nitrogen and oxygen atoms in total. The summed E-state index contributed by atoms with van der Waals surface area (Å²) < 4.78 is 5.88. The van der Waals surface area contributed by atoms with Gasteiger partial charge in [0.15, 0.2) is 0 Å². The number of H-pyrrole nitrogens is 1. The Bertz CT molecular complexity index is 1910. The van der Waals surface area contributed by atoms with Crippen LogP contribution in [-0.2, 0) is 43.4 Å². The topological polar surface area (TPSA) is 156 Å². The summed E-state index contributed by atoms with van der Waals surface area (Å²) in [6.45, 7) is 2.73. The van der Waals surface area contributed by atoms with Gasteiger partial charge in [0.25, 0.3) is 0 Å². The highest BCUT2D eigenvalue weighted by molar-refractivity contribution is 5.95. The zero-order valence-corrected chi connectivity index (χ0v) is 29.5. The van der Waals surface area contributed by atoms with Crippen LogP contribution in [0.1, 0.15) is 23.6 Å². The minimum absolute atomic E-state index is 0.0174. The number of aromatic amines is 1. The quantitative estimate of drug-likeness (QED) is 0.238. The molecule has 1 fully saturated rings. The maximum Gasteiger partial charge on any atom is 0.245 e. The molecule has 4 aromatic rings. The predicted octanol–water partition coefficient (Wildman–Crippen LogP) is 1.62. The Balaban J connectivity index is 1.27. The maximum atomic E-state index is 14.1. The van der Waals surface area contributed by atoms with E-state index in [1.54, 1.807) is 13.1 Å². The Morgan fingerprint density at radius 3 is 2.40 bits per heavy atom. The van der Waals surface area contributed by atoms with E-state index in [1.807, 2.05) is 83.8 Å². The third-order valence-corrected chi connectivity index (χ3v) is 9.71. The van der Waals surface area contributed by atoms with Crippen LogP contribution in [0.5, 0.6) is 5.75 Å². The lowest BCUT2D eigenvalue weighted by atomic mass is 10.0. The highest BCUT2D eigenvalue weighted by Crippen LogP contribution is 2.23. The zero-order chi connectivity index (χ0) is 36.6. The molecular formula is C39H45N7O6. The predicted molar refractivity (Wildman–Crippen MR) is 195 cm³/mol. The van der Waals surface area contributed by atoms with Crippen LogP contribution in [-0.4, -0.2) is 114 Å². The number of carbonyl (C=O) groups is 5. The number of fused-ring (bicyclic) bond motifs is 2. The molecule has 6 rings (SSSR count). The second-order valence-electron chi connectivity index (χ2n) is 13.3. The van der Waals surface area contributed by atoms with E-state index in [0.717, 1.165) is 33.3 Å². The smallest absolute Gasteiger partial charge is 0.245 e. The molecule has 0 unspecified atom stereocenters. The van der Waals surface area contributed by atoms with Crippen molar-refractivity contribution in [1.29, 1.82) is 0 Å². The molecule has 13 heteroatoms. The van der Waals surface area contributed by atoms with Crippen LogP contribution in [0.15, 0.2) is 85.1 Å². The summed E-state index contributed by atoms with van der Waals surface area (Å²) in [7, 11) is 1.50. The summed E-state index contributed by atoms with van der Waals surface area (Å²) in [6.07, 6.45) is 2.17. The van der Waals surface area contributed by atoms with Crippen LogP contribution in [0.2, 0.25) is 0 Å². The van der Waals surface area contributed by atoms with Gasteiger partial charge in [-0.1, -0.05) is 66.7 Å². The number of nitrogens with one attached hydrogen (secondary N) is 4. The second-order valence-corrected chi connectivity index (χ2v) is 13.3. The van der Waals surface area contributed by atoms with E-state index in [0.29, 0.717) is 19.7 Å². The third-order valence-electron chi connectivity index (χ3n) is 9.71. The molecule has 3 atom stereocenters. The summed E-state index contributed by atoms with van der Waals surface area (Å²) in [5.74, 6) is -1.52. The second kappa shape index (κ2) is 16.6. The largest absolute Gasteiger partial charge is 0.492 e. The molecule has 1 aromatic heterocycles. The first kappa shape index (κ1) is 36.1. The Morgan fingerprint density at radius 1 is 0.827 bits per heavy atom. The summed E-state index contributed by atoms with van der Waals surface area (Å²) >= 11 is 0. The molecule has 0 spiro atoms. The number of hydrogen-bond acceptors (Lipinski definition) is 7. The lowest BCUT2D eigenvalue weighted by molar-refractivity contribution is -0.142. The number of ether oxygens (including phenoxy) is 1. The van der Waals surface area contributed by atoms with Crippen molar-refractivity contribution < 1.29 is 28.7 Å². The maximum absolute atomic E-state index is 14.1.